The molecule has 38 heavy (non-hydrogen) atoms. The summed E-state index contributed by atoms with van der Waals surface area (Å²) in [6.07, 6.45) is -15.1. The SMILES string of the molecule is CCC(C)(CC(C)(C)C(=O)OCC(C)(C)NCC(F)(F)F)C(=O)OC(CC(C)C)C(F)C(C)(O)C(F)(F)F. The third kappa shape index (κ3) is 10.9. The summed E-state index contributed by atoms with van der Waals surface area (Å²) in [5, 5.41) is 12.1. The van der Waals surface area contributed by atoms with E-state index in [4.69, 9.17) is 9.47 Å². The Balaban J connectivity index is 5.66. The molecular formula is C25H42F7NO5. The second-order valence-corrected chi connectivity index (χ2v) is 12.0. The van der Waals surface area contributed by atoms with Crippen LogP contribution < -0.4 is 5.32 Å². The highest BCUT2D eigenvalue weighted by Crippen LogP contribution is 2.41. The maximum absolute atomic E-state index is 15.0. The lowest BCUT2D eigenvalue weighted by Gasteiger charge is -2.38. The van der Waals surface area contributed by atoms with Crippen molar-refractivity contribution in [3.8, 4) is 0 Å². The van der Waals surface area contributed by atoms with Crippen LogP contribution in [0.25, 0.3) is 0 Å². The summed E-state index contributed by atoms with van der Waals surface area (Å²) in [6, 6.07) is 0. The number of aliphatic hydroxyl groups is 1. The number of alkyl halides is 7. The molecule has 0 aliphatic carbocycles. The molecule has 0 bridgehead atoms. The monoisotopic (exact) mass is 569 g/mol. The van der Waals surface area contributed by atoms with Crippen LogP contribution in [0.4, 0.5) is 30.7 Å². The highest BCUT2D eigenvalue weighted by molar-refractivity contribution is 5.80. The first-order valence-corrected chi connectivity index (χ1v) is 12.3. The van der Waals surface area contributed by atoms with Crippen LogP contribution in [0.15, 0.2) is 0 Å². The predicted molar refractivity (Wildman–Crippen MR) is 127 cm³/mol. The lowest BCUT2D eigenvalue weighted by atomic mass is 9.72. The van der Waals surface area contributed by atoms with Crippen LogP contribution in [0, 0.1) is 16.7 Å². The molecular weight excluding hydrogens is 527 g/mol. The average Bonchev–Trinajstić information content (AvgIpc) is 2.73. The first kappa shape index (κ1) is 36.4. The van der Waals surface area contributed by atoms with Crippen LogP contribution in [0.1, 0.15) is 81.6 Å². The zero-order valence-electron chi connectivity index (χ0n) is 23.5. The molecule has 0 aromatic rings. The third-order valence-electron chi connectivity index (χ3n) is 6.39. The van der Waals surface area contributed by atoms with Crippen LogP contribution in [-0.4, -0.2) is 66.0 Å². The summed E-state index contributed by atoms with van der Waals surface area (Å²) in [7, 11) is 0. The Labute approximate surface area is 220 Å². The van der Waals surface area contributed by atoms with Gasteiger partial charge in [0.15, 0.2) is 11.8 Å². The molecule has 13 heteroatoms. The van der Waals surface area contributed by atoms with Gasteiger partial charge in [-0.05, 0) is 66.7 Å². The molecule has 0 saturated heterocycles. The van der Waals surface area contributed by atoms with E-state index < -0.39 is 71.7 Å². The third-order valence-corrected chi connectivity index (χ3v) is 6.39. The first-order chi connectivity index (χ1) is 16.7. The van der Waals surface area contributed by atoms with Gasteiger partial charge in [0, 0.05) is 5.54 Å². The number of carbonyl (C=O) groups is 2. The van der Waals surface area contributed by atoms with Crippen LogP contribution in [0.3, 0.4) is 0 Å². The molecule has 4 atom stereocenters. The second kappa shape index (κ2) is 12.7. The van der Waals surface area contributed by atoms with Crippen LogP contribution in [0.5, 0.6) is 0 Å². The quantitative estimate of drug-likeness (QED) is 0.200. The van der Waals surface area contributed by atoms with E-state index in [0.29, 0.717) is 0 Å². The summed E-state index contributed by atoms with van der Waals surface area (Å²) in [5.74, 6) is -2.27. The van der Waals surface area contributed by atoms with Gasteiger partial charge in [0.25, 0.3) is 0 Å². The summed E-state index contributed by atoms with van der Waals surface area (Å²) in [5.41, 5.74) is -7.83. The Morgan fingerprint density at radius 2 is 1.42 bits per heavy atom. The van der Waals surface area contributed by atoms with Gasteiger partial charge in [-0.25, -0.2) is 4.39 Å². The zero-order chi connectivity index (χ0) is 30.5. The van der Waals surface area contributed by atoms with Gasteiger partial charge in [0.2, 0.25) is 0 Å². The van der Waals surface area contributed by atoms with Crippen molar-refractivity contribution in [3.05, 3.63) is 0 Å². The van der Waals surface area contributed by atoms with Gasteiger partial charge in [0.05, 0.1) is 17.4 Å². The Hall–Kier alpha value is -1.63. The highest BCUT2D eigenvalue weighted by atomic mass is 19.4. The Kier molecular flexibility index (Phi) is 12.2. The van der Waals surface area contributed by atoms with E-state index in [1.54, 1.807) is 20.8 Å². The van der Waals surface area contributed by atoms with Gasteiger partial charge >= 0.3 is 24.3 Å². The predicted octanol–water partition coefficient (Wildman–Crippen LogP) is 5.90. The summed E-state index contributed by atoms with van der Waals surface area (Å²) in [6.45, 7) is 10.4. The number of hydrogen-bond donors (Lipinski definition) is 2. The van der Waals surface area contributed by atoms with Gasteiger partial charge in [0.1, 0.15) is 12.7 Å². The van der Waals surface area contributed by atoms with Gasteiger partial charge in [-0.15, -0.1) is 0 Å². The fraction of sp³-hybridized carbons (Fsp3) is 0.920. The van der Waals surface area contributed by atoms with Crippen molar-refractivity contribution in [3.63, 3.8) is 0 Å². The molecule has 0 aromatic heterocycles. The molecule has 6 nitrogen and oxygen atoms in total. The molecule has 0 saturated carbocycles. The summed E-state index contributed by atoms with van der Waals surface area (Å²) in [4.78, 5) is 25.9. The average molecular weight is 570 g/mol. The molecule has 0 amide bonds. The first-order valence-electron chi connectivity index (χ1n) is 12.3. The van der Waals surface area contributed by atoms with Crippen LogP contribution >= 0.6 is 0 Å². The second-order valence-electron chi connectivity index (χ2n) is 12.0. The maximum atomic E-state index is 15.0. The van der Waals surface area contributed by atoms with E-state index in [-0.39, 0.29) is 32.1 Å². The number of halogens is 7. The van der Waals surface area contributed by atoms with Crippen molar-refractivity contribution >= 4 is 11.9 Å². The van der Waals surface area contributed by atoms with Crippen molar-refractivity contribution in [2.75, 3.05) is 13.2 Å². The number of nitrogens with one attached hydrogen (secondary N) is 1. The van der Waals surface area contributed by atoms with E-state index in [2.05, 4.69) is 5.32 Å². The van der Waals surface area contributed by atoms with Crippen LogP contribution in [-0.2, 0) is 19.1 Å². The Morgan fingerprint density at radius 3 is 1.82 bits per heavy atom. The minimum Gasteiger partial charge on any atom is -0.463 e. The largest absolute Gasteiger partial charge is 0.463 e. The van der Waals surface area contributed by atoms with Crippen molar-refractivity contribution in [1.29, 1.82) is 0 Å². The fourth-order valence-electron chi connectivity index (χ4n) is 3.71. The van der Waals surface area contributed by atoms with Crippen molar-refractivity contribution in [2.24, 2.45) is 16.7 Å². The van der Waals surface area contributed by atoms with E-state index in [0.717, 1.165) is 0 Å². The fourth-order valence-corrected chi connectivity index (χ4v) is 3.71. The maximum Gasteiger partial charge on any atom is 0.419 e. The van der Waals surface area contributed by atoms with Gasteiger partial charge in [-0.2, -0.15) is 26.3 Å². The smallest absolute Gasteiger partial charge is 0.419 e. The minimum atomic E-state index is -5.32. The molecule has 0 heterocycles. The molecule has 0 spiro atoms. The highest BCUT2D eigenvalue weighted by Gasteiger charge is 2.59. The minimum absolute atomic E-state index is 0.0577. The molecule has 0 radical (unpaired) electrons. The van der Waals surface area contributed by atoms with E-state index in [1.165, 1.54) is 34.6 Å². The van der Waals surface area contributed by atoms with E-state index >= 15 is 0 Å². The van der Waals surface area contributed by atoms with Gasteiger partial charge in [-0.3, -0.25) is 9.59 Å². The number of ether oxygens (including phenoxy) is 2. The summed E-state index contributed by atoms with van der Waals surface area (Å²) >= 11 is 0. The molecule has 0 rings (SSSR count). The van der Waals surface area contributed by atoms with Gasteiger partial charge < -0.3 is 19.9 Å². The number of rotatable bonds is 14. The summed E-state index contributed by atoms with van der Waals surface area (Å²) < 4.78 is 103. The normalized spacial score (nSPS) is 18.4. The standard InChI is InChI=1S/C25H42F7NO5/c1-10-22(8,12-20(4,5)18(34)37-14-21(6,7)33-13-24(27,28)29)19(35)38-16(11-15(2)3)17(26)23(9,36)25(30,31)32/h15-17,33,36H,10-14H2,1-9H3. The molecule has 2 N–H and O–H groups in total. The number of carbonyl (C=O) groups excluding carboxylic acids is 2. The molecule has 0 fully saturated rings. The lowest BCUT2D eigenvalue weighted by molar-refractivity contribution is -0.284. The number of esters is 2. The molecule has 0 aliphatic heterocycles. The molecule has 0 aromatic carbocycles. The lowest BCUT2D eigenvalue weighted by Crippen LogP contribution is -2.56. The molecule has 0 aliphatic rings. The topological polar surface area (TPSA) is 84.9 Å². The van der Waals surface area contributed by atoms with Crippen molar-refractivity contribution in [2.45, 2.75) is 117 Å². The van der Waals surface area contributed by atoms with Crippen molar-refractivity contribution < 1.29 is 54.9 Å². The van der Waals surface area contributed by atoms with E-state index in [1.807, 2.05) is 0 Å². The number of hydrogen-bond acceptors (Lipinski definition) is 6. The van der Waals surface area contributed by atoms with Crippen molar-refractivity contribution in [1.82, 2.24) is 5.32 Å². The molecule has 226 valence electrons. The van der Waals surface area contributed by atoms with Gasteiger partial charge in [-0.1, -0.05) is 20.8 Å². The van der Waals surface area contributed by atoms with E-state index in [9.17, 15) is 45.4 Å². The zero-order valence-corrected chi connectivity index (χ0v) is 23.5. The Morgan fingerprint density at radius 1 is 0.921 bits per heavy atom. The Bertz CT molecular complexity index is 794. The molecule has 4 unspecified atom stereocenters. The van der Waals surface area contributed by atoms with Crippen LogP contribution in [0.2, 0.25) is 0 Å².